The molecule has 222 valence electrons. The highest BCUT2D eigenvalue weighted by Gasteiger charge is 2.33. The molecule has 2 aromatic heterocycles. The van der Waals surface area contributed by atoms with Gasteiger partial charge < -0.3 is 20.3 Å². The first kappa shape index (κ1) is 30.4. The maximum Gasteiger partial charge on any atom is 0.434 e. The minimum absolute atomic E-state index is 0.0344. The number of piperidine rings is 1. The number of halogens is 7. The molecule has 1 amide bonds. The van der Waals surface area contributed by atoms with Crippen LogP contribution in [0.2, 0.25) is 0 Å². The Bertz CT molecular complexity index is 1350. The molecule has 1 aliphatic rings. The number of rotatable bonds is 9. The summed E-state index contributed by atoms with van der Waals surface area (Å²) in [5.41, 5.74) is -0.531. The largest absolute Gasteiger partial charge is 0.490 e. The summed E-state index contributed by atoms with van der Waals surface area (Å²) < 4.78 is 100. The molecule has 0 unspecified atom stereocenters. The number of nitrogens with zero attached hydrogens (tertiary/aromatic N) is 4. The van der Waals surface area contributed by atoms with Crippen LogP contribution in [0, 0.1) is 18.7 Å². The number of hydrogen-bond acceptors (Lipinski definition) is 8. The molecule has 3 aromatic rings. The van der Waals surface area contributed by atoms with Crippen molar-refractivity contribution in [2.45, 2.75) is 38.5 Å². The van der Waals surface area contributed by atoms with E-state index in [0.29, 0.717) is 31.4 Å². The van der Waals surface area contributed by atoms with Crippen LogP contribution in [0.5, 0.6) is 5.75 Å². The lowest BCUT2D eigenvalue weighted by atomic mass is 9.99. The van der Waals surface area contributed by atoms with Crippen molar-refractivity contribution in [3.63, 3.8) is 0 Å². The number of likely N-dealkylation sites (tertiary alicyclic amines) is 1. The van der Waals surface area contributed by atoms with Crippen molar-refractivity contribution in [2.24, 2.45) is 5.92 Å². The van der Waals surface area contributed by atoms with Gasteiger partial charge in [-0.1, -0.05) is 0 Å². The van der Waals surface area contributed by atoms with Crippen molar-refractivity contribution in [3.8, 4) is 5.75 Å². The van der Waals surface area contributed by atoms with Crippen LogP contribution in [0.3, 0.4) is 0 Å². The predicted octanol–water partition coefficient (Wildman–Crippen LogP) is 6.44. The van der Waals surface area contributed by atoms with Gasteiger partial charge in [0.05, 0.1) is 36.7 Å². The van der Waals surface area contributed by atoms with Crippen LogP contribution in [-0.4, -0.2) is 57.6 Å². The van der Waals surface area contributed by atoms with Crippen LogP contribution in [0.1, 0.15) is 41.0 Å². The molecular weight excluding hydrogens is 581 g/mol. The van der Waals surface area contributed by atoms with Crippen molar-refractivity contribution < 1.29 is 40.3 Å². The lowest BCUT2D eigenvalue weighted by molar-refractivity contribution is -0.141. The van der Waals surface area contributed by atoms with E-state index in [4.69, 9.17) is 4.74 Å². The van der Waals surface area contributed by atoms with Crippen molar-refractivity contribution in [1.29, 1.82) is 0 Å². The number of aromatic nitrogens is 3. The highest BCUT2D eigenvalue weighted by molar-refractivity contribution is 7.10. The molecule has 1 fully saturated rings. The molecule has 1 atom stereocenters. The zero-order valence-electron chi connectivity index (χ0n) is 21.6. The molecule has 1 aliphatic heterocycles. The van der Waals surface area contributed by atoms with Gasteiger partial charge in [-0.2, -0.15) is 30.7 Å². The summed E-state index contributed by atoms with van der Waals surface area (Å²) in [5.74, 6) is -1.55. The fourth-order valence-corrected chi connectivity index (χ4v) is 5.05. The predicted molar refractivity (Wildman–Crippen MR) is 137 cm³/mol. The molecule has 1 saturated heterocycles. The standard InChI is InChI=1S/C25H25F7N6O2S/c1-14-21(23(41-37-14)36-20-11-33-19(10-34-20)25(30,31)32)22(39)35-16-4-5-17(26)18(9-16)40-13-15-3-2-7-38(12-15)8-6-24(27,28)29/h4-5,9-11,15H,2-3,6-8,12-13H2,1H3,(H,34,36)(H,35,39)/t15-/m1/s1. The Hall–Kier alpha value is -3.53. The number of carbonyl (C=O) groups excluding carboxylic acids is 1. The Morgan fingerprint density at radius 2 is 1.95 bits per heavy atom. The lowest BCUT2D eigenvalue weighted by Gasteiger charge is -2.32. The van der Waals surface area contributed by atoms with Gasteiger partial charge in [-0.05, 0) is 50.0 Å². The van der Waals surface area contributed by atoms with E-state index in [1.54, 1.807) is 11.8 Å². The van der Waals surface area contributed by atoms with Crippen LogP contribution in [0.4, 0.5) is 47.2 Å². The van der Waals surface area contributed by atoms with Gasteiger partial charge in [0.15, 0.2) is 17.3 Å². The Labute approximate surface area is 234 Å². The number of anilines is 3. The highest BCUT2D eigenvalue weighted by atomic mass is 32.1. The number of carbonyl (C=O) groups is 1. The maximum atomic E-state index is 14.5. The van der Waals surface area contributed by atoms with Gasteiger partial charge in [0.1, 0.15) is 10.8 Å². The fraction of sp³-hybridized carbons (Fsp3) is 0.440. The molecule has 0 saturated carbocycles. The van der Waals surface area contributed by atoms with E-state index in [9.17, 15) is 35.5 Å². The molecule has 41 heavy (non-hydrogen) atoms. The normalized spacial score (nSPS) is 16.4. The van der Waals surface area contributed by atoms with Gasteiger partial charge in [-0.25, -0.2) is 14.4 Å². The number of alkyl halides is 6. The second-order valence-corrected chi connectivity index (χ2v) is 10.2. The van der Waals surface area contributed by atoms with Crippen LogP contribution < -0.4 is 15.4 Å². The first-order valence-corrected chi connectivity index (χ1v) is 13.2. The fourth-order valence-electron chi connectivity index (χ4n) is 4.25. The summed E-state index contributed by atoms with van der Waals surface area (Å²) >= 11 is 0.891. The van der Waals surface area contributed by atoms with Crippen molar-refractivity contribution in [2.75, 3.05) is 36.9 Å². The third-order valence-corrected chi connectivity index (χ3v) is 7.11. The molecule has 8 nitrogen and oxygen atoms in total. The second-order valence-electron chi connectivity index (χ2n) is 9.47. The first-order chi connectivity index (χ1) is 19.3. The lowest BCUT2D eigenvalue weighted by Crippen LogP contribution is -2.39. The van der Waals surface area contributed by atoms with E-state index >= 15 is 0 Å². The van der Waals surface area contributed by atoms with Crippen LogP contribution in [0.15, 0.2) is 30.6 Å². The maximum absolute atomic E-state index is 14.5. The van der Waals surface area contributed by atoms with E-state index in [-0.39, 0.29) is 46.9 Å². The molecule has 0 aliphatic carbocycles. The van der Waals surface area contributed by atoms with Gasteiger partial charge in [0.2, 0.25) is 0 Å². The number of nitrogens with one attached hydrogen (secondary N) is 2. The number of amides is 1. The van der Waals surface area contributed by atoms with Gasteiger partial charge in [0, 0.05) is 30.8 Å². The van der Waals surface area contributed by atoms with Crippen molar-refractivity contribution >= 4 is 33.9 Å². The molecule has 0 bridgehead atoms. The zero-order valence-corrected chi connectivity index (χ0v) is 22.4. The SMILES string of the molecule is Cc1nsc(Nc2cnc(C(F)(F)F)cn2)c1C(=O)Nc1ccc(F)c(OC[C@@H]2CCCN(CCC(F)(F)F)C2)c1. The molecule has 3 heterocycles. The summed E-state index contributed by atoms with van der Waals surface area (Å²) in [6, 6.07) is 3.72. The second kappa shape index (κ2) is 12.5. The Morgan fingerprint density at radius 1 is 1.17 bits per heavy atom. The Morgan fingerprint density at radius 3 is 2.63 bits per heavy atom. The van der Waals surface area contributed by atoms with Gasteiger partial charge >= 0.3 is 12.4 Å². The third-order valence-electron chi connectivity index (χ3n) is 6.25. The molecule has 16 heteroatoms. The van der Waals surface area contributed by atoms with Gasteiger partial charge in [-0.3, -0.25) is 4.79 Å². The minimum atomic E-state index is -4.65. The molecule has 0 radical (unpaired) electrons. The van der Waals surface area contributed by atoms with Crippen molar-refractivity contribution in [1.82, 2.24) is 19.2 Å². The highest BCUT2D eigenvalue weighted by Crippen LogP contribution is 2.31. The number of benzene rings is 1. The van der Waals surface area contributed by atoms with Gasteiger partial charge in [-0.15, -0.1) is 0 Å². The smallest absolute Gasteiger partial charge is 0.434 e. The van der Waals surface area contributed by atoms with E-state index in [1.807, 2.05) is 0 Å². The summed E-state index contributed by atoms with van der Waals surface area (Å²) in [5, 5.41) is 5.57. The quantitative estimate of drug-likeness (QED) is 0.271. The van der Waals surface area contributed by atoms with E-state index in [0.717, 1.165) is 30.2 Å². The van der Waals surface area contributed by atoms with E-state index < -0.39 is 36.2 Å². The summed E-state index contributed by atoms with van der Waals surface area (Å²) in [7, 11) is 0. The topological polar surface area (TPSA) is 92.3 Å². The minimum Gasteiger partial charge on any atom is -0.490 e. The average Bonchev–Trinajstić information content (AvgIpc) is 3.27. The summed E-state index contributed by atoms with van der Waals surface area (Å²) in [6.45, 7) is 2.51. The average molecular weight is 607 g/mol. The number of hydrogen-bond donors (Lipinski definition) is 2. The third kappa shape index (κ3) is 8.48. The molecular formula is C25H25F7N6O2S. The molecule has 2 N–H and O–H groups in total. The van der Waals surface area contributed by atoms with Crippen molar-refractivity contribution in [3.05, 3.63) is 53.4 Å². The van der Waals surface area contributed by atoms with E-state index in [1.165, 1.54) is 12.1 Å². The monoisotopic (exact) mass is 606 g/mol. The Kier molecular flexibility index (Phi) is 9.31. The van der Waals surface area contributed by atoms with Gasteiger partial charge in [0.25, 0.3) is 5.91 Å². The molecule has 4 rings (SSSR count). The summed E-state index contributed by atoms with van der Waals surface area (Å²) in [6.07, 6.45) is -6.92. The number of ether oxygens (including phenoxy) is 1. The van der Waals surface area contributed by atoms with Crippen LogP contribution >= 0.6 is 11.5 Å². The van der Waals surface area contributed by atoms with E-state index in [2.05, 4.69) is 25.0 Å². The summed E-state index contributed by atoms with van der Waals surface area (Å²) in [4.78, 5) is 21.8. The first-order valence-electron chi connectivity index (χ1n) is 12.4. The molecule has 1 aromatic carbocycles. The molecule has 0 spiro atoms. The van der Waals surface area contributed by atoms with Crippen LogP contribution in [0.25, 0.3) is 0 Å². The van der Waals surface area contributed by atoms with Crippen LogP contribution in [-0.2, 0) is 6.18 Å². The Balaban J connectivity index is 1.38. The number of aryl methyl sites for hydroxylation is 1. The zero-order chi connectivity index (χ0) is 29.8.